The van der Waals surface area contributed by atoms with Gasteiger partial charge in [0.15, 0.2) is 5.62 Å². The number of hydrogen-bond donors (Lipinski definition) is 2. The predicted molar refractivity (Wildman–Crippen MR) is 60.1 cm³/mol. The second-order valence-electron chi connectivity index (χ2n) is 3.46. The predicted octanol–water partition coefficient (Wildman–Crippen LogP) is 2.64. The zero-order valence-corrected chi connectivity index (χ0v) is 9.31. The van der Waals surface area contributed by atoms with Crippen molar-refractivity contribution in [2.24, 2.45) is 4.99 Å². The van der Waals surface area contributed by atoms with Crippen LogP contribution in [-0.4, -0.2) is 18.0 Å². The molecule has 0 aliphatic carbocycles. The van der Waals surface area contributed by atoms with Crippen molar-refractivity contribution in [3.05, 3.63) is 29.8 Å². The number of benzene rings is 1. The van der Waals surface area contributed by atoms with Crippen molar-refractivity contribution < 1.29 is 13.2 Å². The summed E-state index contributed by atoms with van der Waals surface area (Å²) >= 11 is 5.64. The zero-order chi connectivity index (χ0) is 12.5. The molecule has 0 amide bonds. The minimum absolute atomic E-state index is 0.0219. The Hall–Kier alpha value is -1.27. The third kappa shape index (κ3) is 2.89. The largest absolute Gasteiger partial charge is 0.418 e. The first-order chi connectivity index (χ1) is 7.97. The van der Waals surface area contributed by atoms with Gasteiger partial charge in [-0.3, -0.25) is 5.32 Å². The second kappa shape index (κ2) is 4.54. The summed E-state index contributed by atoms with van der Waals surface area (Å²) in [6.07, 6.45) is -4.39. The number of nitrogens with zero attached hydrogens (tertiary/aromatic N) is 1. The normalized spacial score (nSPS) is 20.2. The van der Waals surface area contributed by atoms with Crippen LogP contribution in [0.5, 0.6) is 0 Å². The lowest BCUT2D eigenvalue weighted by Gasteiger charge is -2.13. The van der Waals surface area contributed by atoms with E-state index in [2.05, 4.69) is 15.6 Å². The van der Waals surface area contributed by atoms with Crippen molar-refractivity contribution in [2.75, 3.05) is 11.9 Å². The van der Waals surface area contributed by atoms with Crippen LogP contribution in [0, 0.1) is 0 Å². The van der Waals surface area contributed by atoms with Gasteiger partial charge in [0.05, 0.1) is 17.8 Å². The van der Waals surface area contributed by atoms with E-state index in [1.807, 2.05) is 0 Å². The fraction of sp³-hybridized carbons (Fsp3) is 0.300. The van der Waals surface area contributed by atoms with Crippen LogP contribution < -0.4 is 10.6 Å². The van der Waals surface area contributed by atoms with Crippen molar-refractivity contribution in [1.82, 2.24) is 5.32 Å². The van der Waals surface area contributed by atoms with Crippen LogP contribution in [0.15, 0.2) is 29.3 Å². The van der Waals surface area contributed by atoms with E-state index in [1.54, 1.807) is 0 Å². The second-order valence-corrected chi connectivity index (χ2v) is 3.87. The van der Waals surface area contributed by atoms with Gasteiger partial charge in [0.2, 0.25) is 0 Å². The Kier molecular flexibility index (Phi) is 3.26. The number of rotatable bonds is 1. The van der Waals surface area contributed by atoms with Gasteiger partial charge in [-0.1, -0.05) is 23.7 Å². The molecule has 0 radical (unpaired) electrons. The molecule has 92 valence electrons. The molecule has 1 aliphatic heterocycles. The summed E-state index contributed by atoms with van der Waals surface area (Å²) < 4.78 is 38.0. The maximum absolute atomic E-state index is 12.7. The van der Waals surface area contributed by atoms with Crippen LogP contribution in [0.3, 0.4) is 0 Å². The van der Waals surface area contributed by atoms with Gasteiger partial charge in [-0.05, 0) is 12.1 Å². The molecule has 0 bridgehead atoms. The Morgan fingerprint density at radius 2 is 2.06 bits per heavy atom. The van der Waals surface area contributed by atoms with E-state index < -0.39 is 17.4 Å². The van der Waals surface area contributed by atoms with E-state index in [0.29, 0.717) is 12.4 Å². The number of para-hydroxylation sites is 1. The molecular formula is C10H9ClF3N3. The first-order valence-corrected chi connectivity index (χ1v) is 5.28. The summed E-state index contributed by atoms with van der Waals surface area (Å²) in [5.41, 5.74) is -1.33. The van der Waals surface area contributed by atoms with Crippen molar-refractivity contribution in [1.29, 1.82) is 0 Å². The van der Waals surface area contributed by atoms with E-state index >= 15 is 0 Å². The Morgan fingerprint density at radius 3 is 2.65 bits per heavy atom. The summed E-state index contributed by atoms with van der Waals surface area (Å²) in [6, 6.07) is 5.24. The molecular weight excluding hydrogens is 255 g/mol. The lowest BCUT2D eigenvalue weighted by molar-refractivity contribution is -0.136. The number of amidine groups is 1. The average molecular weight is 264 g/mol. The number of nitrogens with one attached hydrogen (secondary N) is 2. The van der Waals surface area contributed by atoms with Crippen molar-refractivity contribution in [3.63, 3.8) is 0 Å². The van der Waals surface area contributed by atoms with Crippen LogP contribution in [0.25, 0.3) is 0 Å². The van der Waals surface area contributed by atoms with Crippen LogP contribution >= 0.6 is 11.6 Å². The van der Waals surface area contributed by atoms with Gasteiger partial charge in [0.1, 0.15) is 5.84 Å². The standard InChI is InChI=1S/C10H9ClF3N3/c11-9-15-5-8(17-9)16-7-4-2-1-3-6(7)10(12,13)14/h1-4,9,15H,5H2,(H,16,17). The summed E-state index contributed by atoms with van der Waals surface area (Å²) in [6.45, 7) is 0.320. The number of alkyl halides is 4. The fourth-order valence-corrected chi connectivity index (χ4v) is 1.68. The number of halogens is 4. The monoisotopic (exact) mass is 263 g/mol. The Balaban J connectivity index is 2.24. The lowest BCUT2D eigenvalue weighted by Crippen LogP contribution is -2.23. The zero-order valence-electron chi connectivity index (χ0n) is 8.55. The summed E-state index contributed by atoms with van der Waals surface area (Å²) in [4.78, 5) is 3.90. The molecule has 0 fully saturated rings. The van der Waals surface area contributed by atoms with Crippen molar-refractivity contribution in [2.45, 2.75) is 11.8 Å². The molecule has 1 unspecified atom stereocenters. The molecule has 0 saturated carbocycles. The van der Waals surface area contributed by atoms with E-state index in [4.69, 9.17) is 11.6 Å². The molecule has 1 aromatic rings. The SMILES string of the molecule is FC(F)(F)c1ccccc1NC1=NC(Cl)NC1. The van der Waals surface area contributed by atoms with Gasteiger partial charge in [-0.15, -0.1) is 0 Å². The molecule has 2 N–H and O–H groups in total. The molecule has 17 heavy (non-hydrogen) atoms. The minimum atomic E-state index is -4.39. The smallest absolute Gasteiger partial charge is 0.342 e. The van der Waals surface area contributed by atoms with E-state index in [0.717, 1.165) is 6.07 Å². The number of hydrogen-bond acceptors (Lipinski definition) is 3. The van der Waals surface area contributed by atoms with Gasteiger partial charge >= 0.3 is 6.18 Å². The van der Waals surface area contributed by atoms with Gasteiger partial charge < -0.3 is 5.32 Å². The van der Waals surface area contributed by atoms with E-state index in [-0.39, 0.29) is 5.69 Å². The minimum Gasteiger partial charge on any atom is -0.342 e. The summed E-state index contributed by atoms with van der Waals surface area (Å²) in [7, 11) is 0. The van der Waals surface area contributed by atoms with Crippen LogP contribution in [0.4, 0.5) is 18.9 Å². The third-order valence-corrected chi connectivity index (χ3v) is 2.47. The van der Waals surface area contributed by atoms with Crippen LogP contribution in [-0.2, 0) is 6.18 Å². The van der Waals surface area contributed by atoms with E-state index in [9.17, 15) is 13.2 Å². The first kappa shape index (κ1) is 12.2. The Morgan fingerprint density at radius 1 is 1.35 bits per heavy atom. The Labute approximate surface area is 101 Å². The maximum Gasteiger partial charge on any atom is 0.418 e. The highest BCUT2D eigenvalue weighted by molar-refractivity contribution is 6.22. The molecule has 3 nitrogen and oxygen atoms in total. The molecule has 7 heteroatoms. The quantitative estimate of drug-likeness (QED) is 0.604. The lowest BCUT2D eigenvalue weighted by atomic mass is 10.1. The third-order valence-electron chi connectivity index (χ3n) is 2.22. The first-order valence-electron chi connectivity index (χ1n) is 4.84. The molecule has 1 aliphatic rings. The summed E-state index contributed by atoms with van der Waals surface area (Å²) in [5, 5.41) is 5.40. The van der Waals surface area contributed by atoms with E-state index in [1.165, 1.54) is 18.2 Å². The molecule has 2 rings (SSSR count). The van der Waals surface area contributed by atoms with Crippen molar-refractivity contribution in [3.8, 4) is 0 Å². The van der Waals surface area contributed by atoms with Crippen molar-refractivity contribution >= 4 is 23.1 Å². The molecule has 1 aromatic carbocycles. The molecule has 0 aromatic heterocycles. The average Bonchev–Trinajstić information content (AvgIpc) is 2.63. The van der Waals surface area contributed by atoms with Crippen LogP contribution in [0.1, 0.15) is 5.56 Å². The molecule has 0 spiro atoms. The highest BCUT2D eigenvalue weighted by Crippen LogP contribution is 2.34. The van der Waals surface area contributed by atoms with Gasteiger partial charge in [0.25, 0.3) is 0 Å². The maximum atomic E-state index is 12.7. The van der Waals surface area contributed by atoms with Gasteiger partial charge in [-0.2, -0.15) is 13.2 Å². The summed E-state index contributed by atoms with van der Waals surface area (Å²) in [5.74, 6) is 0.390. The molecule has 0 saturated heterocycles. The Bertz CT molecular complexity index is 445. The highest BCUT2D eigenvalue weighted by Gasteiger charge is 2.33. The highest BCUT2D eigenvalue weighted by atomic mass is 35.5. The number of aliphatic imine (C=N–C) groups is 1. The topological polar surface area (TPSA) is 36.4 Å². The van der Waals surface area contributed by atoms with Gasteiger partial charge in [0, 0.05) is 0 Å². The number of anilines is 1. The fourth-order valence-electron chi connectivity index (χ4n) is 1.48. The molecule has 1 atom stereocenters. The molecule has 1 heterocycles. The van der Waals surface area contributed by atoms with Gasteiger partial charge in [-0.25, -0.2) is 4.99 Å². The van der Waals surface area contributed by atoms with Crippen LogP contribution in [0.2, 0.25) is 0 Å².